The molecule has 0 bridgehead atoms. The molecule has 2 aliphatic rings. The van der Waals surface area contributed by atoms with E-state index in [1.165, 1.54) is 19.3 Å². The zero-order valence-corrected chi connectivity index (χ0v) is 15.3. The van der Waals surface area contributed by atoms with E-state index in [2.05, 4.69) is 6.92 Å². The summed E-state index contributed by atoms with van der Waals surface area (Å²) in [5.41, 5.74) is 0. The first-order chi connectivity index (χ1) is 11.7. The molecule has 0 radical (unpaired) electrons. The van der Waals surface area contributed by atoms with Gasteiger partial charge in [0.1, 0.15) is 6.10 Å². The Bertz CT molecular complexity index is 387. The van der Waals surface area contributed by atoms with Crippen molar-refractivity contribution in [2.24, 2.45) is 11.8 Å². The molecular formula is C20H34O4. The van der Waals surface area contributed by atoms with Crippen molar-refractivity contribution < 1.29 is 19.1 Å². The Morgan fingerprint density at radius 2 is 1.42 bits per heavy atom. The van der Waals surface area contributed by atoms with Gasteiger partial charge in [-0.2, -0.15) is 0 Å². The van der Waals surface area contributed by atoms with E-state index in [1.54, 1.807) is 0 Å². The molecule has 2 unspecified atom stereocenters. The van der Waals surface area contributed by atoms with E-state index in [1.807, 2.05) is 0 Å². The molecule has 0 aromatic heterocycles. The summed E-state index contributed by atoms with van der Waals surface area (Å²) in [6.45, 7) is 2.65. The molecule has 0 heterocycles. The standard InChI is InChI=1S/C20H34O4/c1-2-3-4-10-15-23-19(21)17-13-8-9-14-18(17)20(22)24-16-11-6-5-7-12-16/h16-18H,2-15H2,1H3. The highest BCUT2D eigenvalue weighted by molar-refractivity contribution is 5.82. The number of hydrogen-bond donors (Lipinski definition) is 0. The molecule has 4 heteroatoms. The van der Waals surface area contributed by atoms with Crippen LogP contribution in [0.15, 0.2) is 0 Å². The van der Waals surface area contributed by atoms with Crippen LogP contribution in [-0.2, 0) is 19.1 Å². The summed E-state index contributed by atoms with van der Waals surface area (Å²) in [7, 11) is 0. The summed E-state index contributed by atoms with van der Waals surface area (Å²) in [5.74, 6) is -0.920. The van der Waals surface area contributed by atoms with Gasteiger partial charge in [0.25, 0.3) is 0 Å². The van der Waals surface area contributed by atoms with Crippen LogP contribution in [0.5, 0.6) is 0 Å². The van der Waals surface area contributed by atoms with Crippen molar-refractivity contribution in [2.45, 2.75) is 96.5 Å². The highest BCUT2D eigenvalue weighted by Crippen LogP contribution is 2.33. The third kappa shape index (κ3) is 6.10. The predicted octanol–water partition coefficient (Wildman–Crippen LogP) is 4.79. The quantitative estimate of drug-likeness (QED) is 0.471. The molecule has 4 nitrogen and oxygen atoms in total. The van der Waals surface area contributed by atoms with Gasteiger partial charge in [-0.05, 0) is 44.9 Å². The van der Waals surface area contributed by atoms with Crippen LogP contribution in [0, 0.1) is 11.8 Å². The van der Waals surface area contributed by atoms with Gasteiger partial charge in [-0.25, -0.2) is 0 Å². The highest BCUT2D eigenvalue weighted by atomic mass is 16.5. The first-order valence-corrected chi connectivity index (χ1v) is 10.1. The maximum absolute atomic E-state index is 12.6. The molecule has 0 saturated heterocycles. The maximum atomic E-state index is 12.6. The minimum Gasteiger partial charge on any atom is -0.465 e. The van der Waals surface area contributed by atoms with Crippen molar-refractivity contribution >= 4 is 11.9 Å². The van der Waals surface area contributed by atoms with Gasteiger partial charge in [-0.15, -0.1) is 0 Å². The molecule has 138 valence electrons. The Balaban J connectivity index is 1.79. The molecule has 2 fully saturated rings. The summed E-state index contributed by atoms with van der Waals surface area (Å²) in [6, 6.07) is 0. The van der Waals surface area contributed by atoms with Crippen LogP contribution < -0.4 is 0 Å². The predicted molar refractivity (Wildman–Crippen MR) is 93.5 cm³/mol. The lowest BCUT2D eigenvalue weighted by molar-refractivity contribution is -0.167. The average Bonchev–Trinajstić information content (AvgIpc) is 2.62. The lowest BCUT2D eigenvalue weighted by atomic mass is 9.79. The molecule has 0 aromatic rings. The van der Waals surface area contributed by atoms with Gasteiger partial charge in [-0.1, -0.05) is 45.4 Å². The number of esters is 2. The third-order valence-electron chi connectivity index (χ3n) is 5.45. The van der Waals surface area contributed by atoms with E-state index in [0.29, 0.717) is 6.61 Å². The second kappa shape index (κ2) is 10.7. The number of carbonyl (C=O) groups is 2. The minimum atomic E-state index is -0.291. The van der Waals surface area contributed by atoms with E-state index in [4.69, 9.17) is 9.47 Å². The molecule has 2 saturated carbocycles. The van der Waals surface area contributed by atoms with E-state index in [0.717, 1.165) is 64.2 Å². The lowest BCUT2D eigenvalue weighted by Crippen LogP contribution is -2.37. The topological polar surface area (TPSA) is 52.6 Å². The fourth-order valence-corrected chi connectivity index (χ4v) is 3.94. The fourth-order valence-electron chi connectivity index (χ4n) is 3.94. The number of unbranched alkanes of at least 4 members (excludes halogenated alkanes) is 3. The number of ether oxygens (including phenoxy) is 2. The van der Waals surface area contributed by atoms with Crippen LogP contribution in [-0.4, -0.2) is 24.6 Å². The van der Waals surface area contributed by atoms with Crippen LogP contribution in [0.3, 0.4) is 0 Å². The summed E-state index contributed by atoms with van der Waals surface area (Å²) in [5, 5.41) is 0. The Hall–Kier alpha value is -1.06. The summed E-state index contributed by atoms with van der Waals surface area (Å²) < 4.78 is 11.2. The van der Waals surface area contributed by atoms with Crippen LogP contribution in [0.25, 0.3) is 0 Å². The van der Waals surface area contributed by atoms with Gasteiger partial charge in [0.15, 0.2) is 0 Å². The van der Waals surface area contributed by atoms with Crippen LogP contribution in [0.2, 0.25) is 0 Å². The van der Waals surface area contributed by atoms with Crippen LogP contribution in [0.1, 0.15) is 90.4 Å². The molecule has 2 atom stereocenters. The first kappa shape index (κ1) is 19.3. The number of rotatable bonds is 8. The highest BCUT2D eigenvalue weighted by Gasteiger charge is 2.38. The smallest absolute Gasteiger partial charge is 0.310 e. The Morgan fingerprint density at radius 1 is 0.792 bits per heavy atom. The molecule has 2 rings (SSSR count). The molecule has 24 heavy (non-hydrogen) atoms. The summed E-state index contributed by atoms with van der Waals surface area (Å²) >= 11 is 0. The third-order valence-corrected chi connectivity index (χ3v) is 5.45. The van der Waals surface area contributed by atoms with Crippen molar-refractivity contribution in [2.75, 3.05) is 6.61 Å². The monoisotopic (exact) mass is 338 g/mol. The zero-order valence-electron chi connectivity index (χ0n) is 15.3. The van der Waals surface area contributed by atoms with E-state index in [9.17, 15) is 9.59 Å². The molecular weight excluding hydrogens is 304 g/mol. The second-order valence-corrected chi connectivity index (χ2v) is 7.42. The normalized spacial score (nSPS) is 25.2. The van der Waals surface area contributed by atoms with Gasteiger partial charge in [0, 0.05) is 0 Å². The molecule has 2 aliphatic carbocycles. The second-order valence-electron chi connectivity index (χ2n) is 7.42. The zero-order chi connectivity index (χ0) is 17.2. The van der Waals surface area contributed by atoms with Crippen molar-refractivity contribution in [3.8, 4) is 0 Å². The summed E-state index contributed by atoms with van der Waals surface area (Å²) in [6.07, 6.45) is 13.5. The first-order valence-electron chi connectivity index (χ1n) is 10.1. The Labute approximate surface area is 146 Å². The molecule has 0 spiro atoms. The minimum absolute atomic E-state index is 0.0684. The van der Waals surface area contributed by atoms with Gasteiger partial charge >= 0.3 is 11.9 Å². The van der Waals surface area contributed by atoms with E-state index in [-0.39, 0.29) is 29.9 Å². The Kier molecular flexibility index (Phi) is 8.62. The van der Waals surface area contributed by atoms with E-state index < -0.39 is 0 Å². The molecule has 0 aromatic carbocycles. The molecule has 0 amide bonds. The number of hydrogen-bond acceptors (Lipinski definition) is 4. The largest absolute Gasteiger partial charge is 0.465 e. The van der Waals surface area contributed by atoms with Crippen molar-refractivity contribution in [3.63, 3.8) is 0 Å². The summed E-state index contributed by atoms with van der Waals surface area (Å²) in [4.78, 5) is 25.0. The molecule has 0 aliphatic heterocycles. The van der Waals surface area contributed by atoms with Crippen LogP contribution >= 0.6 is 0 Å². The average molecular weight is 338 g/mol. The number of carbonyl (C=O) groups excluding carboxylic acids is 2. The van der Waals surface area contributed by atoms with Crippen molar-refractivity contribution in [3.05, 3.63) is 0 Å². The maximum Gasteiger partial charge on any atom is 0.310 e. The van der Waals surface area contributed by atoms with Gasteiger partial charge in [0.05, 0.1) is 18.4 Å². The van der Waals surface area contributed by atoms with Crippen molar-refractivity contribution in [1.82, 2.24) is 0 Å². The van der Waals surface area contributed by atoms with Gasteiger partial charge in [-0.3, -0.25) is 9.59 Å². The van der Waals surface area contributed by atoms with Gasteiger partial charge in [0.2, 0.25) is 0 Å². The SMILES string of the molecule is CCCCCCOC(=O)C1CCCCC1C(=O)OC1CCCCC1. The van der Waals surface area contributed by atoms with Gasteiger partial charge < -0.3 is 9.47 Å². The van der Waals surface area contributed by atoms with Crippen LogP contribution in [0.4, 0.5) is 0 Å². The van der Waals surface area contributed by atoms with Crippen molar-refractivity contribution in [1.29, 1.82) is 0 Å². The lowest BCUT2D eigenvalue weighted by Gasteiger charge is -2.30. The fraction of sp³-hybridized carbons (Fsp3) is 0.900. The molecule has 0 N–H and O–H groups in total. The Morgan fingerprint density at radius 3 is 2.08 bits per heavy atom. The van der Waals surface area contributed by atoms with E-state index >= 15 is 0 Å².